The lowest BCUT2D eigenvalue weighted by Gasteiger charge is -2.17. The van der Waals surface area contributed by atoms with Gasteiger partial charge in [0, 0.05) is 30.4 Å². The number of halogens is 2. The molecule has 1 atom stereocenters. The Morgan fingerprint density at radius 2 is 2.00 bits per heavy atom. The summed E-state index contributed by atoms with van der Waals surface area (Å²) in [4.78, 5) is 29.9. The number of pyridine rings is 1. The van der Waals surface area contributed by atoms with Crippen LogP contribution < -0.4 is 10.2 Å². The van der Waals surface area contributed by atoms with Crippen molar-refractivity contribution in [2.75, 3.05) is 11.4 Å². The first kappa shape index (κ1) is 17.0. The van der Waals surface area contributed by atoms with Crippen molar-refractivity contribution in [3.8, 4) is 0 Å². The summed E-state index contributed by atoms with van der Waals surface area (Å²) in [6.07, 6.45) is 0.00517. The molecule has 0 spiro atoms. The summed E-state index contributed by atoms with van der Waals surface area (Å²) in [5.41, 5.74) is 1.70. The zero-order valence-electron chi connectivity index (χ0n) is 13.6. The molecule has 0 radical (unpaired) electrons. The van der Waals surface area contributed by atoms with Gasteiger partial charge in [-0.05, 0) is 31.2 Å². The number of carbonyl (C=O) groups is 2. The molecule has 7 heteroatoms. The first-order valence-electron chi connectivity index (χ1n) is 7.89. The SMILES string of the molecule is Cc1cccc(CNC(=O)C2CC(=O)N(c3cc(F)cc(F)c3)C2)n1. The van der Waals surface area contributed by atoms with E-state index in [0.717, 1.165) is 29.6 Å². The molecule has 1 aliphatic heterocycles. The van der Waals surface area contributed by atoms with Crippen molar-refractivity contribution < 1.29 is 18.4 Å². The van der Waals surface area contributed by atoms with E-state index in [2.05, 4.69) is 10.3 Å². The lowest BCUT2D eigenvalue weighted by Crippen LogP contribution is -2.32. The molecule has 0 bridgehead atoms. The highest BCUT2D eigenvalue weighted by atomic mass is 19.1. The summed E-state index contributed by atoms with van der Waals surface area (Å²) in [5, 5.41) is 2.75. The fraction of sp³-hybridized carbons (Fsp3) is 0.278. The van der Waals surface area contributed by atoms with Crippen LogP contribution in [-0.4, -0.2) is 23.3 Å². The predicted octanol–water partition coefficient (Wildman–Crippen LogP) is 2.34. The van der Waals surface area contributed by atoms with Crippen LogP contribution in [0.3, 0.4) is 0 Å². The third kappa shape index (κ3) is 3.99. The summed E-state index contributed by atoms with van der Waals surface area (Å²) >= 11 is 0. The molecule has 2 heterocycles. The van der Waals surface area contributed by atoms with Crippen LogP contribution in [0, 0.1) is 24.5 Å². The van der Waals surface area contributed by atoms with Crippen molar-refractivity contribution in [3.63, 3.8) is 0 Å². The van der Waals surface area contributed by atoms with E-state index in [0.29, 0.717) is 0 Å². The number of carbonyl (C=O) groups excluding carboxylic acids is 2. The maximum absolute atomic E-state index is 13.3. The number of amides is 2. The molecule has 1 fully saturated rings. The fourth-order valence-corrected chi connectivity index (χ4v) is 2.85. The van der Waals surface area contributed by atoms with Crippen LogP contribution in [0.1, 0.15) is 17.8 Å². The molecule has 1 aliphatic rings. The summed E-state index contributed by atoms with van der Waals surface area (Å²) in [5.74, 6) is -2.71. The molecule has 1 aromatic heterocycles. The minimum atomic E-state index is -0.763. The van der Waals surface area contributed by atoms with Gasteiger partial charge in [-0.25, -0.2) is 8.78 Å². The average Bonchev–Trinajstić information content (AvgIpc) is 2.94. The van der Waals surface area contributed by atoms with Gasteiger partial charge in [-0.15, -0.1) is 0 Å². The Kier molecular flexibility index (Phi) is 4.74. The molecule has 130 valence electrons. The molecule has 2 amide bonds. The minimum Gasteiger partial charge on any atom is -0.350 e. The van der Waals surface area contributed by atoms with Crippen LogP contribution in [0.4, 0.5) is 14.5 Å². The van der Waals surface area contributed by atoms with E-state index in [9.17, 15) is 18.4 Å². The molecule has 1 saturated heterocycles. The van der Waals surface area contributed by atoms with Crippen LogP contribution in [0.25, 0.3) is 0 Å². The van der Waals surface area contributed by atoms with Gasteiger partial charge in [-0.2, -0.15) is 0 Å². The molecule has 1 N–H and O–H groups in total. The fourth-order valence-electron chi connectivity index (χ4n) is 2.85. The largest absolute Gasteiger partial charge is 0.350 e. The van der Waals surface area contributed by atoms with Gasteiger partial charge in [0.2, 0.25) is 11.8 Å². The van der Waals surface area contributed by atoms with Crippen molar-refractivity contribution in [2.24, 2.45) is 5.92 Å². The normalized spacial score (nSPS) is 17.0. The first-order chi connectivity index (χ1) is 11.9. The Morgan fingerprint density at radius 3 is 2.68 bits per heavy atom. The topological polar surface area (TPSA) is 62.3 Å². The van der Waals surface area contributed by atoms with E-state index in [1.807, 2.05) is 19.1 Å². The number of hydrogen-bond acceptors (Lipinski definition) is 3. The Labute approximate surface area is 143 Å². The van der Waals surface area contributed by atoms with Gasteiger partial charge in [-0.3, -0.25) is 14.6 Å². The van der Waals surface area contributed by atoms with Crippen molar-refractivity contribution in [2.45, 2.75) is 19.9 Å². The van der Waals surface area contributed by atoms with Crippen LogP contribution in [-0.2, 0) is 16.1 Å². The maximum Gasteiger partial charge on any atom is 0.227 e. The monoisotopic (exact) mass is 345 g/mol. The van der Waals surface area contributed by atoms with Gasteiger partial charge in [0.25, 0.3) is 0 Å². The highest BCUT2D eigenvalue weighted by Gasteiger charge is 2.35. The molecule has 3 rings (SSSR count). The van der Waals surface area contributed by atoms with Gasteiger partial charge in [0.1, 0.15) is 11.6 Å². The third-order valence-corrected chi connectivity index (χ3v) is 4.04. The number of aryl methyl sites for hydroxylation is 1. The zero-order valence-corrected chi connectivity index (χ0v) is 13.6. The van der Waals surface area contributed by atoms with E-state index in [-0.39, 0.29) is 37.0 Å². The van der Waals surface area contributed by atoms with Crippen molar-refractivity contribution in [1.29, 1.82) is 0 Å². The second-order valence-corrected chi connectivity index (χ2v) is 6.02. The maximum atomic E-state index is 13.3. The Balaban J connectivity index is 1.64. The summed E-state index contributed by atoms with van der Waals surface area (Å²) in [6.45, 7) is 2.21. The van der Waals surface area contributed by atoms with Gasteiger partial charge in [0.05, 0.1) is 18.2 Å². The van der Waals surface area contributed by atoms with E-state index in [1.54, 1.807) is 6.07 Å². The second-order valence-electron chi connectivity index (χ2n) is 6.02. The molecule has 5 nitrogen and oxygen atoms in total. The molecule has 1 aromatic carbocycles. The van der Waals surface area contributed by atoms with Gasteiger partial charge in [0.15, 0.2) is 0 Å². The number of nitrogens with one attached hydrogen (secondary N) is 1. The molecule has 1 unspecified atom stereocenters. The van der Waals surface area contributed by atoms with E-state index in [1.165, 1.54) is 4.90 Å². The van der Waals surface area contributed by atoms with Crippen LogP contribution in [0.15, 0.2) is 36.4 Å². The second kappa shape index (κ2) is 6.96. The third-order valence-electron chi connectivity index (χ3n) is 4.04. The van der Waals surface area contributed by atoms with Crippen LogP contribution in [0.2, 0.25) is 0 Å². The molecule has 2 aromatic rings. The number of anilines is 1. The van der Waals surface area contributed by atoms with Gasteiger partial charge < -0.3 is 10.2 Å². The number of aromatic nitrogens is 1. The predicted molar refractivity (Wildman–Crippen MR) is 87.6 cm³/mol. The lowest BCUT2D eigenvalue weighted by atomic mass is 10.1. The Hall–Kier alpha value is -2.83. The summed E-state index contributed by atoms with van der Waals surface area (Å²) in [6, 6.07) is 8.41. The summed E-state index contributed by atoms with van der Waals surface area (Å²) in [7, 11) is 0. The minimum absolute atomic E-state index is 0.00517. The van der Waals surface area contributed by atoms with Crippen LogP contribution in [0.5, 0.6) is 0 Å². The highest BCUT2D eigenvalue weighted by molar-refractivity contribution is 6.00. The number of hydrogen-bond donors (Lipinski definition) is 1. The molecular weight excluding hydrogens is 328 g/mol. The van der Waals surface area contributed by atoms with Gasteiger partial charge in [-0.1, -0.05) is 6.07 Å². The first-order valence-corrected chi connectivity index (χ1v) is 7.89. The molecule has 0 saturated carbocycles. The number of nitrogens with zero attached hydrogens (tertiary/aromatic N) is 2. The van der Waals surface area contributed by atoms with Crippen LogP contribution >= 0.6 is 0 Å². The van der Waals surface area contributed by atoms with Gasteiger partial charge >= 0.3 is 0 Å². The van der Waals surface area contributed by atoms with E-state index in [4.69, 9.17) is 0 Å². The standard InChI is InChI=1S/C18H17F2N3O2/c1-11-3-2-4-15(22-11)9-21-18(25)12-5-17(24)23(10-12)16-7-13(19)6-14(20)8-16/h2-4,6-8,12H,5,9-10H2,1H3,(H,21,25). The quantitative estimate of drug-likeness (QED) is 0.925. The van der Waals surface area contributed by atoms with Crippen molar-refractivity contribution in [1.82, 2.24) is 10.3 Å². The highest BCUT2D eigenvalue weighted by Crippen LogP contribution is 2.26. The Bertz CT molecular complexity index is 805. The number of rotatable bonds is 4. The average molecular weight is 345 g/mol. The Morgan fingerprint density at radius 1 is 1.28 bits per heavy atom. The number of benzene rings is 1. The summed E-state index contributed by atoms with van der Waals surface area (Å²) < 4.78 is 26.7. The molecule has 0 aliphatic carbocycles. The smallest absolute Gasteiger partial charge is 0.227 e. The molecular formula is C18H17F2N3O2. The molecule has 25 heavy (non-hydrogen) atoms. The van der Waals surface area contributed by atoms with Crippen molar-refractivity contribution >= 4 is 17.5 Å². The zero-order chi connectivity index (χ0) is 18.0. The van der Waals surface area contributed by atoms with E-state index < -0.39 is 17.6 Å². The van der Waals surface area contributed by atoms with E-state index >= 15 is 0 Å². The van der Waals surface area contributed by atoms with Crippen molar-refractivity contribution in [3.05, 3.63) is 59.4 Å². The lowest BCUT2D eigenvalue weighted by molar-refractivity contribution is -0.126.